The number of ether oxygens (including phenoxy) is 3. The van der Waals surface area contributed by atoms with Crippen molar-refractivity contribution < 1.29 is 19.0 Å². The van der Waals surface area contributed by atoms with Gasteiger partial charge in [-0.25, -0.2) is 9.78 Å². The molecule has 0 aliphatic carbocycles. The highest BCUT2D eigenvalue weighted by molar-refractivity contribution is 7.15. The number of esters is 1. The molecule has 1 aliphatic heterocycles. The van der Waals surface area contributed by atoms with Gasteiger partial charge < -0.3 is 19.5 Å². The largest absolute Gasteiger partial charge is 0.465 e. The first-order valence-electron chi connectivity index (χ1n) is 7.69. The van der Waals surface area contributed by atoms with Crippen LogP contribution in [0.15, 0.2) is 42.6 Å². The summed E-state index contributed by atoms with van der Waals surface area (Å²) < 4.78 is 17.1. The number of halogens is 1. The maximum Gasteiger partial charge on any atom is 0.341 e. The first-order valence-corrected chi connectivity index (χ1v) is 8.88. The average molecular weight is 389 g/mol. The van der Waals surface area contributed by atoms with Crippen molar-refractivity contribution in [2.24, 2.45) is 0 Å². The molecule has 6 nitrogen and oxygen atoms in total. The monoisotopic (exact) mass is 388 g/mol. The predicted octanol–water partition coefficient (Wildman–Crippen LogP) is 5.09. The van der Waals surface area contributed by atoms with Gasteiger partial charge in [0.25, 0.3) is 0 Å². The van der Waals surface area contributed by atoms with Crippen molar-refractivity contribution in [3.8, 4) is 23.0 Å². The maximum absolute atomic E-state index is 12.2. The van der Waals surface area contributed by atoms with Crippen molar-refractivity contribution in [2.75, 3.05) is 12.4 Å². The van der Waals surface area contributed by atoms with E-state index in [2.05, 4.69) is 10.3 Å². The second-order valence-corrected chi connectivity index (χ2v) is 7.12. The fourth-order valence-electron chi connectivity index (χ4n) is 2.55. The molecule has 0 saturated carbocycles. The van der Waals surface area contributed by atoms with Crippen LogP contribution in [0.25, 0.3) is 0 Å². The number of methoxy groups -OCH3 is 1. The van der Waals surface area contributed by atoms with Crippen molar-refractivity contribution in [2.45, 2.75) is 6.54 Å². The SMILES string of the molecule is COC(=O)c1cc(NCc2cnc(Cl)s2)cc2c1Oc1ccccc1O2. The Morgan fingerprint density at radius 2 is 2.00 bits per heavy atom. The molecule has 26 heavy (non-hydrogen) atoms. The number of aromatic nitrogens is 1. The minimum Gasteiger partial charge on any atom is -0.465 e. The van der Waals surface area contributed by atoms with Crippen LogP contribution in [0.1, 0.15) is 15.2 Å². The van der Waals surface area contributed by atoms with Crippen LogP contribution in [0.3, 0.4) is 0 Å². The topological polar surface area (TPSA) is 69.7 Å². The zero-order valence-electron chi connectivity index (χ0n) is 13.6. The lowest BCUT2D eigenvalue weighted by atomic mass is 10.1. The Bertz CT molecular complexity index is 989. The summed E-state index contributed by atoms with van der Waals surface area (Å²) in [6.45, 7) is 0.515. The number of hydrogen-bond donors (Lipinski definition) is 1. The molecule has 1 N–H and O–H groups in total. The lowest BCUT2D eigenvalue weighted by molar-refractivity contribution is 0.0597. The van der Waals surface area contributed by atoms with Crippen LogP contribution in [0.2, 0.25) is 4.47 Å². The van der Waals surface area contributed by atoms with E-state index in [1.807, 2.05) is 12.1 Å². The summed E-state index contributed by atoms with van der Waals surface area (Å²) in [4.78, 5) is 17.2. The molecule has 1 aromatic heterocycles. The van der Waals surface area contributed by atoms with E-state index in [9.17, 15) is 4.79 Å². The van der Waals surface area contributed by atoms with Gasteiger partial charge in [-0.15, -0.1) is 11.3 Å². The number of benzene rings is 2. The van der Waals surface area contributed by atoms with Gasteiger partial charge in [0, 0.05) is 22.8 Å². The first kappa shape index (κ1) is 16.7. The zero-order chi connectivity index (χ0) is 18.1. The van der Waals surface area contributed by atoms with Gasteiger partial charge in [0.1, 0.15) is 5.56 Å². The number of para-hydroxylation sites is 2. The van der Waals surface area contributed by atoms with E-state index in [-0.39, 0.29) is 5.56 Å². The Morgan fingerprint density at radius 1 is 1.23 bits per heavy atom. The third-order valence-corrected chi connectivity index (χ3v) is 4.85. The standard InChI is InChI=1S/C18H13ClN2O4S/c1-23-17(22)12-6-10(20-8-11-9-21-18(19)26-11)7-15-16(12)25-14-5-3-2-4-13(14)24-15/h2-7,9,20H,8H2,1H3. The Labute approximate surface area is 158 Å². The van der Waals surface area contributed by atoms with Crippen molar-refractivity contribution in [3.05, 3.63) is 57.5 Å². The molecule has 3 aromatic rings. The van der Waals surface area contributed by atoms with Crippen LogP contribution in [0.5, 0.6) is 23.0 Å². The van der Waals surface area contributed by atoms with Gasteiger partial charge in [-0.1, -0.05) is 23.7 Å². The van der Waals surface area contributed by atoms with Crippen LogP contribution in [0.4, 0.5) is 5.69 Å². The third-order valence-electron chi connectivity index (χ3n) is 3.73. The second kappa shape index (κ2) is 6.86. The fraction of sp³-hybridized carbons (Fsp3) is 0.111. The molecule has 0 atom stereocenters. The molecule has 0 spiro atoms. The summed E-state index contributed by atoms with van der Waals surface area (Å²) in [5, 5.41) is 3.24. The highest BCUT2D eigenvalue weighted by atomic mass is 35.5. The van der Waals surface area contributed by atoms with Crippen molar-refractivity contribution in [1.29, 1.82) is 0 Å². The van der Waals surface area contributed by atoms with E-state index in [4.69, 9.17) is 25.8 Å². The molecule has 0 bridgehead atoms. The number of thiazole rings is 1. The molecule has 2 heterocycles. The van der Waals surface area contributed by atoms with Crippen LogP contribution >= 0.6 is 22.9 Å². The Hall–Kier alpha value is -2.77. The van der Waals surface area contributed by atoms with Gasteiger partial charge in [0.05, 0.1) is 13.7 Å². The molecule has 2 aromatic carbocycles. The number of anilines is 1. The van der Waals surface area contributed by atoms with Gasteiger partial charge in [-0.3, -0.25) is 0 Å². The summed E-state index contributed by atoms with van der Waals surface area (Å²) in [6.07, 6.45) is 1.70. The minimum atomic E-state index is -0.506. The van der Waals surface area contributed by atoms with Crippen LogP contribution < -0.4 is 14.8 Å². The van der Waals surface area contributed by atoms with Crippen molar-refractivity contribution in [1.82, 2.24) is 4.98 Å². The van der Waals surface area contributed by atoms with Gasteiger partial charge in [0.2, 0.25) is 0 Å². The van der Waals surface area contributed by atoms with E-state index >= 15 is 0 Å². The normalized spacial score (nSPS) is 11.6. The lowest BCUT2D eigenvalue weighted by Crippen LogP contribution is -2.09. The molecule has 4 rings (SSSR count). The molecule has 0 fully saturated rings. The quantitative estimate of drug-likeness (QED) is 0.491. The number of nitrogens with zero attached hydrogens (tertiary/aromatic N) is 1. The number of nitrogens with one attached hydrogen (secondary N) is 1. The molecule has 0 unspecified atom stereocenters. The highest BCUT2D eigenvalue weighted by Crippen LogP contribution is 2.48. The summed E-state index contributed by atoms with van der Waals surface area (Å²) in [7, 11) is 1.33. The van der Waals surface area contributed by atoms with E-state index in [0.717, 1.165) is 4.88 Å². The molecular weight excluding hydrogens is 376 g/mol. The summed E-state index contributed by atoms with van der Waals surface area (Å²) in [5.41, 5.74) is 0.973. The highest BCUT2D eigenvalue weighted by Gasteiger charge is 2.26. The lowest BCUT2D eigenvalue weighted by Gasteiger charge is -2.23. The molecule has 0 amide bonds. The van der Waals surface area contributed by atoms with Crippen LogP contribution in [-0.2, 0) is 11.3 Å². The molecule has 0 radical (unpaired) electrons. The van der Waals surface area contributed by atoms with E-state index in [0.29, 0.717) is 39.7 Å². The van der Waals surface area contributed by atoms with Gasteiger partial charge in [-0.05, 0) is 18.2 Å². The van der Waals surface area contributed by atoms with E-state index in [1.165, 1.54) is 18.4 Å². The summed E-state index contributed by atoms with van der Waals surface area (Å²) >= 11 is 7.24. The van der Waals surface area contributed by atoms with Crippen molar-refractivity contribution in [3.63, 3.8) is 0 Å². The number of fused-ring (bicyclic) bond motifs is 2. The molecule has 0 saturated heterocycles. The molecule has 1 aliphatic rings. The van der Waals surface area contributed by atoms with Crippen molar-refractivity contribution >= 4 is 34.6 Å². The molecule has 8 heteroatoms. The number of carbonyl (C=O) groups excluding carboxylic acids is 1. The minimum absolute atomic E-state index is 0.282. The average Bonchev–Trinajstić information content (AvgIpc) is 3.08. The second-order valence-electron chi connectivity index (χ2n) is 5.43. The van der Waals surface area contributed by atoms with E-state index < -0.39 is 5.97 Å². The smallest absolute Gasteiger partial charge is 0.341 e. The summed E-state index contributed by atoms with van der Waals surface area (Å²) in [5.74, 6) is 1.40. The number of rotatable bonds is 4. The van der Waals surface area contributed by atoms with Crippen LogP contribution in [-0.4, -0.2) is 18.1 Å². The Morgan fingerprint density at radius 3 is 2.69 bits per heavy atom. The van der Waals surface area contributed by atoms with E-state index in [1.54, 1.807) is 30.5 Å². The Balaban J connectivity index is 1.68. The summed E-state index contributed by atoms with van der Waals surface area (Å²) in [6, 6.07) is 10.7. The number of carbonyl (C=O) groups is 1. The van der Waals surface area contributed by atoms with Gasteiger partial charge in [-0.2, -0.15) is 0 Å². The van der Waals surface area contributed by atoms with Crippen LogP contribution in [0, 0.1) is 0 Å². The van der Waals surface area contributed by atoms with Gasteiger partial charge in [0.15, 0.2) is 27.5 Å². The molecular formula is C18H13ClN2O4S. The zero-order valence-corrected chi connectivity index (χ0v) is 15.2. The predicted molar refractivity (Wildman–Crippen MR) is 98.8 cm³/mol. The van der Waals surface area contributed by atoms with Gasteiger partial charge >= 0.3 is 5.97 Å². The maximum atomic E-state index is 12.2. The fourth-order valence-corrected chi connectivity index (χ4v) is 3.47. The number of hydrogen-bond acceptors (Lipinski definition) is 7. The first-order chi connectivity index (χ1) is 12.6. The molecule has 132 valence electrons. The third kappa shape index (κ3) is 3.18. The Kier molecular flexibility index (Phi) is 4.40.